The predicted molar refractivity (Wildman–Crippen MR) is 82.4 cm³/mol. The first kappa shape index (κ1) is 14.5. The number of hydrogen-bond acceptors (Lipinski definition) is 4. The smallest absolute Gasteiger partial charge is 0.312 e. The average molecular weight is 301 g/mol. The van der Waals surface area contributed by atoms with Crippen LogP contribution in [-0.4, -0.2) is 46.1 Å². The first-order valence-electron chi connectivity index (χ1n) is 7.29. The van der Waals surface area contributed by atoms with Crippen LogP contribution in [-0.2, 0) is 11.3 Å². The first-order chi connectivity index (χ1) is 10.6. The van der Waals surface area contributed by atoms with E-state index in [0.717, 1.165) is 18.8 Å². The number of H-pyrrole nitrogens is 2. The Balaban J connectivity index is 1.58. The second-order valence-corrected chi connectivity index (χ2v) is 5.73. The summed E-state index contributed by atoms with van der Waals surface area (Å²) in [5.74, 6) is 1.05. The molecule has 2 N–H and O–H groups in total. The minimum atomic E-state index is -0.297. The molecule has 1 saturated heterocycles. The van der Waals surface area contributed by atoms with Crippen molar-refractivity contribution in [3.05, 3.63) is 46.6 Å². The van der Waals surface area contributed by atoms with Crippen LogP contribution in [0.2, 0.25) is 0 Å². The maximum absolute atomic E-state index is 12.2. The first-order valence-corrected chi connectivity index (χ1v) is 7.29. The van der Waals surface area contributed by atoms with Crippen LogP contribution in [0.15, 0.2) is 35.1 Å². The molecular formula is C15H19N5O2. The lowest BCUT2D eigenvalue weighted by molar-refractivity contribution is -0.117. The van der Waals surface area contributed by atoms with Gasteiger partial charge in [0, 0.05) is 25.2 Å². The van der Waals surface area contributed by atoms with Crippen LogP contribution in [0.3, 0.4) is 0 Å². The van der Waals surface area contributed by atoms with Crippen molar-refractivity contribution in [2.24, 2.45) is 5.92 Å². The van der Waals surface area contributed by atoms with Gasteiger partial charge in [0.05, 0.1) is 6.54 Å². The fraction of sp³-hybridized carbons (Fsp3) is 0.400. The third kappa shape index (κ3) is 3.25. The number of carbonyl (C=O) groups is 1. The highest BCUT2D eigenvalue weighted by atomic mass is 16.2. The van der Waals surface area contributed by atoms with Crippen LogP contribution in [0.4, 0.5) is 5.69 Å². The van der Waals surface area contributed by atoms with E-state index in [4.69, 9.17) is 0 Å². The largest absolute Gasteiger partial charge is 0.340 e. The zero-order chi connectivity index (χ0) is 15.5. The summed E-state index contributed by atoms with van der Waals surface area (Å²) in [7, 11) is 1.96. The van der Waals surface area contributed by atoms with Crippen LogP contribution in [0.1, 0.15) is 12.2 Å². The van der Waals surface area contributed by atoms with Crippen LogP contribution in [0.5, 0.6) is 0 Å². The van der Waals surface area contributed by atoms with E-state index in [-0.39, 0.29) is 17.5 Å². The molecule has 0 aliphatic carbocycles. The van der Waals surface area contributed by atoms with Gasteiger partial charge >= 0.3 is 5.69 Å². The van der Waals surface area contributed by atoms with Gasteiger partial charge in [-0.15, -0.1) is 0 Å². The number of anilines is 1. The Bertz CT molecular complexity index is 693. The normalized spacial score (nSPS) is 18.4. The molecule has 7 nitrogen and oxygen atoms in total. The Labute approximate surface area is 127 Å². The van der Waals surface area contributed by atoms with Crippen molar-refractivity contribution in [1.29, 1.82) is 0 Å². The van der Waals surface area contributed by atoms with Gasteiger partial charge in [0.1, 0.15) is 5.82 Å². The SMILES string of the molecule is CN(Cc1n[nH]c(=O)[nH]1)CC1CC(=O)N(c2ccccc2)C1. The number of nitrogens with one attached hydrogen (secondary N) is 2. The topological polar surface area (TPSA) is 85.1 Å². The highest BCUT2D eigenvalue weighted by Gasteiger charge is 2.31. The van der Waals surface area contributed by atoms with E-state index in [2.05, 4.69) is 20.1 Å². The molecule has 1 amide bonds. The molecule has 0 radical (unpaired) electrons. The van der Waals surface area contributed by atoms with Gasteiger partial charge in [-0.25, -0.2) is 9.89 Å². The van der Waals surface area contributed by atoms with E-state index in [1.54, 1.807) is 0 Å². The zero-order valence-corrected chi connectivity index (χ0v) is 12.5. The molecule has 1 aromatic carbocycles. The molecule has 1 aliphatic heterocycles. The molecule has 1 fully saturated rings. The lowest BCUT2D eigenvalue weighted by Gasteiger charge is -2.20. The monoisotopic (exact) mass is 301 g/mol. The summed E-state index contributed by atoms with van der Waals surface area (Å²) in [6.07, 6.45) is 0.552. The van der Waals surface area contributed by atoms with Crippen molar-refractivity contribution in [1.82, 2.24) is 20.1 Å². The Morgan fingerprint density at radius 3 is 2.77 bits per heavy atom. The molecule has 7 heteroatoms. The summed E-state index contributed by atoms with van der Waals surface area (Å²) in [6, 6.07) is 9.74. The number of amides is 1. The van der Waals surface area contributed by atoms with Gasteiger partial charge in [0.15, 0.2) is 0 Å². The van der Waals surface area contributed by atoms with Gasteiger partial charge in [0.25, 0.3) is 0 Å². The van der Waals surface area contributed by atoms with Crippen molar-refractivity contribution < 1.29 is 4.79 Å². The Morgan fingerprint density at radius 1 is 1.32 bits per heavy atom. The quantitative estimate of drug-likeness (QED) is 0.846. The molecular weight excluding hydrogens is 282 g/mol. The average Bonchev–Trinajstić information content (AvgIpc) is 3.05. The minimum Gasteiger partial charge on any atom is -0.312 e. The fourth-order valence-corrected chi connectivity index (χ4v) is 2.90. The molecule has 0 spiro atoms. The molecule has 0 bridgehead atoms. The number of rotatable bonds is 5. The summed E-state index contributed by atoms with van der Waals surface area (Å²) in [5, 5.41) is 6.25. The van der Waals surface area contributed by atoms with Crippen LogP contribution in [0, 0.1) is 5.92 Å². The molecule has 22 heavy (non-hydrogen) atoms. The predicted octanol–water partition coefficient (Wildman–Crippen LogP) is 0.583. The van der Waals surface area contributed by atoms with Gasteiger partial charge in [-0.1, -0.05) is 18.2 Å². The molecule has 1 aromatic heterocycles. The summed E-state index contributed by atoms with van der Waals surface area (Å²) in [6.45, 7) is 2.06. The molecule has 0 saturated carbocycles. The fourth-order valence-electron chi connectivity index (χ4n) is 2.90. The van der Waals surface area contributed by atoms with Gasteiger partial charge < -0.3 is 4.90 Å². The minimum absolute atomic E-state index is 0.165. The van der Waals surface area contributed by atoms with Gasteiger partial charge in [-0.2, -0.15) is 5.10 Å². The summed E-state index contributed by atoms with van der Waals surface area (Å²) in [4.78, 5) is 29.7. The van der Waals surface area contributed by atoms with Gasteiger partial charge in [0.2, 0.25) is 5.91 Å². The molecule has 3 rings (SSSR count). The Hall–Kier alpha value is -2.41. The molecule has 116 valence electrons. The van der Waals surface area contributed by atoms with Gasteiger partial charge in [-0.05, 0) is 25.1 Å². The van der Waals surface area contributed by atoms with Crippen molar-refractivity contribution >= 4 is 11.6 Å². The number of benzene rings is 1. The number of para-hydroxylation sites is 1. The summed E-state index contributed by atoms with van der Waals surface area (Å²) < 4.78 is 0. The van der Waals surface area contributed by atoms with Crippen molar-refractivity contribution in [2.45, 2.75) is 13.0 Å². The third-order valence-corrected chi connectivity index (χ3v) is 3.81. The standard InChI is InChI=1S/C15H19N5O2/c1-19(10-13-16-15(22)18-17-13)8-11-7-14(21)20(9-11)12-5-3-2-4-6-12/h2-6,11H,7-10H2,1H3,(H2,16,17,18,22). The maximum Gasteiger partial charge on any atom is 0.340 e. The number of nitrogens with zero attached hydrogens (tertiary/aromatic N) is 3. The Kier molecular flexibility index (Phi) is 4.06. The van der Waals surface area contributed by atoms with E-state index >= 15 is 0 Å². The third-order valence-electron chi connectivity index (χ3n) is 3.81. The van der Waals surface area contributed by atoms with Crippen molar-refractivity contribution in [2.75, 3.05) is 25.0 Å². The maximum atomic E-state index is 12.2. The van der Waals surface area contributed by atoms with E-state index in [1.807, 2.05) is 42.3 Å². The molecule has 2 heterocycles. The van der Waals surface area contributed by atoms with Crippen LogP contribution in [0.25, 0.3) is 0 Å². The van der Waals surface area contributed by atoms with E-state index < -0.39 is 0 Å². The van der Waals surface area contributed by atoms with E-state index in [1.165, 1.54) is 0 Å². The number of aromatic nitrogens is 3. The van der Waals surface area contributed by atoms with Gasteiger partial charge in [-0.3, -0.25) is 14.7 Å². The van der Waals surface area contributed by atoms with Crippen molar-refractivity contribution in [3.63, 3.8) is 0 Å². The number of carbonyl (C=O) groups excluding carboxylic acids is 1. The molecule has 2 aromatic rings. The van der Waals surface area contributed by atoms with E-state index in [9.17, 15) is 9.59 Å². The zero-order valence-electron chi connectivity index (χ0n) is 12.5. The Morgan fingerprint density at radius 2 is 2.09 bits per heavy atom. The van der Waals surface area contributed by atoms with E-state index in [0.29, 0.717) is 18.8 Å². The lowest BCUT2D eigenvalue weighted by atomic mass is 10.1. The molecule has 1 atom stereocenters. The van der Waals surface area contributed by atoms with Crippen LogP contribution >= 0.6 is 0 Å². The lowest BCUT2D eigenvalue weighted by Crippen LogP contribution is -2.29. The number of hydrogen-bond donors (Lipinski definition) is 2. The second-order valence-electron chi connectivity index (χ2n) is 5.73. The highest BCUT2D eigenvalue weighted by molar-refractivity contribution is 5.95. The summed E-state index contributed by atoms with van der Waals surface area (Å²) in [5.41, 5.74) is 0.656. The van der Waals surface area contributed by atoms with Crippen LogP contribution < -0.4 is 10.6 Å². The number of aromatic amines is 2. The molecule has 1 unspecified atom stereocenters. The second kappa shape index (κ2) is 6.15. The summed E-state index contributed by atoms with van der Waals surface area (Å²) >= 11 is 0. The van der Waals surface area contributed by atoms with Crippen molar-refractivity contribution in [3.8, 4) is 0 Å². The highest BCUT2D eigenvalue weighted by Crippen LogP contribution is 2.25. The molecule has 1 aliphatic rings.